The zero-order chi connectivity index (χ0) is 20.4. The van der Waals surface area contributed by atoms with Gasteiger partial charge < -0.3 is 20.0 Å². The van der Waals surface area contributed by atoms with Gasteiger partial charge in [0, 0.05) is 36.1 Å². The van der Waals surface area contributed by atoms with Gasteiger partial charge in [-0.25, -0.2) is 0 Å². The predicted molar refractivity (Wildman–Crippen MR) is 110 cm³/mol. The Balaban J connectivity index is 1.45. The molecule has 3 amide bonds. The molecule has 29 heavy (non-hydrogen) atoms. The molecule has 2 heterocycles. The number of para-hydroxylation sites is 1. The lowest BCUT2D eigenvalue weighted by atomic mass is 10.2. The van der Waals surface area contributed by atoms with E-state index in [1.54, 1.807) is 36.1 Å². The van der Waals surface area contributed by atoms with Crippen LogP contribution in [0.3, 0.4) is 0 Å². The molecule has 2 aromatic carbocycles. The van der Waals surface area contributed by atoms with Gasteiger partial charge in [-0.15, -0.1) is 0 Å². The van der Waals surface area contributed by atoms with Crippen LogP contribution in [0.1, 0.15) is 30.3 Å². The molecule has 0 radical (unpaired) electrons. The quantitative estimate of drug-likeness (QED) is 0.698. The third-order valence-electron chi connectivity index (χ3n) is 4.87. The van der Waals surface area contributed by atoms with Crippen LogP contribution in [-0.2, 0) is 9.59 Å². The number of nitrogens with zero attached hydrogens (tertiary/aromatic N) is 1. The van der Waals surface area contributed by atoms with Crippen LogP contribution >= 0.6 is 0 Å². The Hall–Kier alpha value is -3.61. The lowest BCUT2D eigenvalue weighted by Gasteiger charge is -2.16. The first kappa shape index (κ1) is 18.7. The highest BCUT2D eigenvalue weighted by molar-refractivity contribution is 6.00. The summed E-state index contributed by atoms with van der Waals surface area (Å²) >= 11 is 0. The van der Waals surface area contributed by atoms with E-state index in [0.717, 1.165) is 11.1 Å². The van der Waals surface area contributed by atoms with Crippen LogP contribution < -0.4 is 15.5 Å². The maximum atomic E-state index is 12.6. The van der Waals surface area contributed by atoms with Crippen LogP contribution in [0.2, 0.25) is 0 Å². The van der Waals surface area contributed by atoms with E-state index in [-0.39, 0.29) is 35.9 Å². The van der Waals surface area contributed by atoms with Crippen LogP contribution in [0.15, 0.2) is 59.0 Å². The molecule has 1 unspecified atom stereocenters. The average Bonchev–Trinajstić information content (AvgIpc) is 3.31. The number of nitrogens with one attached hydrogen (secondary N) is 2. The largest absolute Gasteiger partial charge is 0.451 e. The van der Waals surface area contributed by atoms with Gasteiger partial charge in [-0.05, 0) is 36.4 Å². The summed E-state index contributed by atoms with van der Waals surface area (Å²) in [5.74, 6) is -0.306. The fourth-order valence-electron chi connectivity index (χ4n) is 3.40. The molecule has 7 nitrogen and oxygen atoms in total. The van der Waals surface area contributed by atoms with Crippen molar-refractivity contribution in [3.05, 3.63) is 60.4 Å². The molecule has 2 N–H and O–H groups in total. The Morgan fingerprint density at radius 3 is 2.69 bits per heavy atom. The highest BCUT2D eigenvalue weighted by Crippen LogP contribution is 2.25. The van der Waals surface area contributed by atoms with Crippen LogP contribution in [0.5, 0.6) is 0 Å². The molecule has 148 valence electrons. The first-order valence-electron chi connectivity index (χ1n) is 9.53. The smallest absolute Gasteiger partial charge is 0.287 e. The summed E-state index contributed by atoms with van der Waals surface area (Å²) in [6, 6.07) is 15.9. The molecule has 1 aromatic heterocycles. The van der Waals surface area contributed by atoms with Crippen LogP contribution in [0.4, 0.5) is 11.4 Å². The third-order valence-corrected chi connectivity index (χ3v) is 4.87. The van der Waals surface area contributed by atoms with Gasteiger partial charge >= 0.3 is 0 Å². The molecular formula is C22H21N3O4. The molecule has 1 aliphatic heterocycles. The van der Waals surface area contributed by atoms with Gasteiger partial charge in [-0.1, -0.05) is 25.1 Å². The lowest BCUT2D eigenvalue weighted by molar-refractivity contribution is -0.117. The number of hydrogen-bond acceptors (Lipinski definition) is 4. The maximum absolute atomic E-state index is 12.6. The molecule has 0 spiro atoms. The Morgan fingerprint density at radius 1 is 1.14 bits per heavy atom. The van der Waals surface area contributed by atoms with E-state index >= 15 is 0 Å². The number of fused-ring (bicyclic) bond motifs is 1. The zero-order valence-corrected chi connectivity index (χ0v) is 16.0. The van der Waals surface area contributed by atoms with Crippen molar-refractivity contribution in [3.63, 3.8) is 0 Å². The summed E-state index contributed by atoms with van der Waals surface area (Å²) in [6.07, 6.45) is 0.630. The van der Waals surface area contributed by atoms with Crippen molar-refractivity contribution in [1.82, 2.24) is 5.32 Å². The van der Waals surface area contributed by atoms with E-state index in [9.17, 15) is 14.4 Å². The first-order valence-corrected chi connectivity index (χ1v) is 9.53. The molecule has 3 aromatic rings. The number of anilines is 2. The van der Waals surface area contributed by atoms with Gasteiger partial charge in [0.1, 0.15) is 5.58 Å². The van der Waals surface area contributed by atoms with E-state index in [1.165, 1.54) is 0 Å². The van der Waals surface area contributed by atoms with Gasteiger partial charge in [0.2, 0.25) is 11.8 Å². The number of carbonyl (C=O) groups is 3. The lowest BCUT2D eigenvalue weighted by Crippen LogP contribution is -2.37. The highest BCUT2D eigenvalue weighted by Gasteiger charge is 2.32. The number of rotatable bonds is 5. The molecular weight excluding hydrogens is 370 g/mol. The minimum atomic E-state index is -0.368. The van der Waals surface area contributed by atoms with E-state index in [4.69, 9.17) is 4.42 Å². The standard InChI is InChI=1S/C22H21N3O4/c1-2-20(26)23-15-8-9-18-14(10-15)11-19(29-18)22(28)24-16-12-21(27)25(13-16)17-6-4-3-5-7-17/h3-11,16H,2,12-13H2,1H3,(H,23,26)(H,24,28). The van der Waals surface area contributed by atoms with E-state index in [2.05, 4.69) is 10.6 Å². The van der Waals surface area contributed by atoms with Crippen molar-refractivity contribution in [3.8, 4) is 0 Å². The van der Waals surface area contributed by atoms with Crippen molar-refractivity contribution < 1.29 is 18.8 Å². The second-order valence-electron chi connectivity index (χ2n) is 6.98. The normalized spacial score (nSPS) is 16.2. The monoisotopic (exact) mass is 391 g/mol. The Labute approximate surface area is 167 Å². The van der Waals surface area contributed by atoms with Gasteiger partial charge in [0.05, 0.1) is 6.04 Å². The third kappa shape index (κ3) is 3.99. The highest BCUT2D eigenvalue weighted by atomic mass is 16.3. The molecule has 1 fully saturated rings. The number of carbonyl (C=O) groups excluding carboxylic acids is 3. The Bertz CT molecular complexity index is 1070. The van der Waals surface area contributed by atoms with Crippen LogP contribution in [-0.4, -0.2) is 30.3 Å². The van der Waals surface area contributed by atoms with E-state index in [0.29, 0.717) is 24.2 Å². The van der Waals surface area contributed by atoms with Gasteiger partial charge in [0.15, 0.2) is 5.76 Å². The summed E-state index contributed by atoms with van der Waals surface area (Å²) in [4.78, 5) is 38.2. The van der Waals surface area contributed by atoms with E-state index < -0.39 is 0 Å². The van der Waals surface area contributed by atoms with Crippen LogP contribution in [0.25, 0.3) is 11.0 Å². The first-order chi connectivity index (χ1) is 14.0. The summed E-state index contributed by atoms with van der Waals surface area (Å²) < 4.78 is 5.64. The minimum absolute atomic E-state index is 0.0255. The van der Waals surface area contributed by atoms with E-state index in [1.807, 2.05) is 30.3 Å². The van der Waals surface area contributed by atoms with Crippen LogP contribution in [0, 0.1) is 0 Å². The molecule has 1 atom stereocenters. The SMILES string of the molecule is CCC(=O)Nc1ccc2oc(C(=O)NC3CC(=O)N(c4ccccc4)C3)cc2c1. The Kier molecular flexibility index (Phi) is 5.03. The summed E-state index contributed by atoms with van der Waals surface area (Å²) in [5, 5.41) is 6.38. The van der Waals surface area contributed by atoms with Crippen molar-refractivity contribution in [2.24, 2.45) is 0 Å². The van der Waals surface area contributed by atoms with Crippen molar-refractivity contribution >= 4 is 40.1 Å². The summed E-state index contributed by atoms with van der Waals surface area (Å²) in [6.45, 7) is 2.20. The minimum Gasteiger partial charge on any atom is -0.451 e. The van der Waals surface area contributed by atoms with Crippen molar-refractivity contribution in [2.45, 2.75) is 25.8 Å². The molecule has 7 heteroatoms. The number of amides is 3. The predicted octanol–water partition coefficient (Wildman–Crippen LogP) is 3.32. The molecule has 0 saturated carbocycles. The molecule has 0 bridgehead atoms. The average molecular weight is 391 g/mol. The van der Waals surface area contributed by atoms with Gasteiger partial charge in [-0.3, -0.25) is 14.4 Å². The summed E-state index contributed by atoms with van der Waals surface area (Å²) in [5.41, 5.74) is 2.02. The molecule has 1 saturated heterocycles. The number of furan rings is 1. The molecule has 1 aliphatic rings. The van der Waals surface area contributed by atoms with Crippen molar-refractivity contribution in [2.75, 3.05) is 16.8 Å². The topological polar surface area (TPSA) is 91.6 Å². The molecule has 0 aliphatic carbocycles. The van der Waals surface area contributed by atoms with Gasteiger partial charge in [0.25, 0.3) is 5.91 Å². The maximum Gasteiger partial charge on any atom is 0.287 e. The van der Waals surface area contributed by atoms with Crippen molar-refractivity contribution in [1.29, 1.82) is 0 Å². The Morgan fingerprint density at radius 2 is 1.93 bits per heavy atom. The fraction of sp³-hybridized carbons (Fsp3) is 0.227. The zero-order valence-electron chi connectivity index (χ0n) is 16.0. The number of benzene rings is 2. The molecule has 4 rings (SSSR count). The number of hydrogen-bond donors (Lipinski definition) is 2. The fourth-order valence-corrected chi connectivity index (χ4v) is 3.40. The second-order valence-corrected chi connectivity index (χ2v) is 6.98. The summed E-state index contributed by atoms with van der Waals surface area (Å²) in [7, 11) is 0. The van der Waals surface area contributed by atoms with Gasteiger partial charge in [-0.2, -0.15) is 0 Å². The second kappa shape index (κ2) is 7.79.